The average molecular weight is 345 g/mol. The Balaban J connectivity index is 0.00000242. The molecule has 0 atom stereocenters. The summed E-state index contributed by atoms with van der Waals surface area (Å²) < 4.78 is 0. The van der Waals surface area contributed by atoms with Crippen LogP contribution in [0.5, 0.6) is 0 Å². The molecular weight excluding hydrogens is 319 g/mol. The molecule has 1 fully saturated rings. The van der Waals surface area contributed by atoms with Crippen molar-refractivity contribution in [3.63, 3.8) is 0 Å². The second-order valence-corrected chi connectivity index (χ2v) is 6.21. The summed E-state index contributed by atoms with van der Waals surface area (Å²) in [5, 5.41) is 4.09. The lowest BCUT2D eigenvalue weighted by Gasteiger charge is -2.25. The molecule has 0 saturated carbocycles. The SMILES string of the molecule is CCN(Cc1cccc(Cl)c1)C(=O)CCC1CCNCC1.Cl. The summed E-state index contributed by atoms with van der Waals surface area (Å²) in [4.78, 5) is 14.3. The van der Waals surface area contributed by atoms with Crippen molar-refractivity contribution in [1.82, 2.24) is 10.2 Å². The van der Waals surface area contributed by atoms with Gasteiger partial charge >= 0.3 is 0 Å². The molecule has 0 radical (unpaired) electrons. The fourth-order valence-corrected chi connectivity index (χ4v) is 3.10. The number of benzene rings is 1. The molecule has 1 aromatic rings. The first-order valence-electron chi connectivity index (χ1n) is 7.92. The molecule has 2 rings (SSSR count). The zero-order valence-electron chi connectivity index (χ0n) is 13.2. The Labute approximate surface area is 144 Å². The molecular formula is C17H26Cl2N2O. The van der Waals surface area contributed by atoms with Crippen LogP contribution < -0.4 is 5.32 Å². The summed E-state index contributed by atoms with van der Waals surface area (Å²) in [5.41, 5.74) is 1.10. The predicted molar refractivity (Wildman–Crippen MR) is 94.6 cm³/mol. The van der Waals surface area contributed by atoms with Crippen LogP contribution in [0.25, 0.3) is 0 Å². The van der Waals surface area contributed by atoms with Gasteiger partial charge in [-0.05, 0) is 62.9 Å². The number of carbonyl (C=O) groups is 1. The van der Waals surface area contributed by atoms with Crippen molar-refractivity contribution in [1.29, 1.82) is 0 Å². The van der Waals surface area contributed by atoms with Gasteiger partial charge < -0.3 is 10.2 Å². The summed E-state index contributed by atoms with van der Waals surface area (Å²) in [5.74, 6) is 0.969. The third kappa shape index (κ3) is 6.15. The molecule has 5 heteroatoms. The lowest BCUT2D eigenvalue weighted by atomic mass is 9.93. The van der Waals surface area contributed by atoms with Crippen molar-refractivity contribution in [3.8, 4) is 0 Å². The molecule has 0 bridgehead atoms. The molecule has 124 valence electrons. The molecule has 0 aliphatic carbocycles. The third-order valence-corrected chi connectivity index (χ3v) is 4.46. The Morgan fingerprint density at radius 3 is 2.73 bits per heavy atom. The van der Waals surface area contributed by atoms with Crippen LogP contribution >= 0.6 is 24.0 Å². The first-order chi connectivity index (χ1) is 10.2. The van der Waals surface area contributed by atoms with Crippen LogP contribution in [0.1, 0.15) is 38.2 Å². The summed E-state index contributed by atoms with van der Waals surface area (Å²) in [6, 6.07) is 7.75. The highest BCUT2D eigenvalue weighted by Crippen LogP contribution is 2.19. The Morgan fingerprint density at radius 2 is 2.09 bits per heavy atom. The molecule has 0 unspecified atom stereocenters. The standard InChI is InChI=1S/C17H25ClN2O.ClH/c1-2-20(13-15-4-3-5-16(18)12-15)17(21)7-6-14-8-10-19-11-9-14;/h3-5,12,14,19H,2,6-11,13H2,1H3;1H. The number of carbonyl (C=O) groups excluding carboxylic acids is 1. The fourth-order valence-electron chi connectivity index (χ4n) is 2.89. The smallest absolute Gasteiger partial charge is 0.222 e. The molecule has 1 aliphatic rings. The summed E-state index contributed by atoms with van der Waals surface area (Å²) in [6.45, 7) is 5.63. The van der Waals surface area contributed by atoms with Gasteiger partial charge in [0.1, 0.15) is 0 Å². The minimum atomic E-state index is 0. The van der Waals surface area contributed by atoms with E-state index < -0.39 is 0 Å². The van der Waals surface area contributed by atoms with E-state index in [2.05, 4.69) is 5.32 Å². The number of hydrogen-bond donors (Lipinski definition) is 1. The van der Waals surface area contributed by atoms with E-state index in [0.29, 0.717) is 18.9 Å². The van der Waals surface area contributed by atoms with Crippen LogP contribution in [-0.2, 0) is 11.3 Å². The van der Waals surface area contributed by atoms with Gasteiger partial charge in [0.05, 0.1) is 0 Å². The number of nitrogens with one attached hydrogen (secondary N) is 1. The molecule has 1 saturated heterocycles. The number of halogens is 2. The fraction of sp³-hybridized carbons (Fsp3) is 0.588. The average Bonchev–Trinajstić information content (AvgIpc) is 2.51. The minimum Gasteiger partial charge on any atom is -0.339 e. The van der Waals surface area contributed by atoms with E-state index >= 15 is 0 Å². The van der Waals surface area contributed by atoms with E-state index in [-0.39, 0.29) is 18.3 Å². The zero-order valence-corrected chi connectivity index (χ0v) is 14.8. The second-order valence-electron chi connectivity index (χ2n) is 5.77. The van der Waals surface area contributed by atoms with Gasteiger partial charge in [-0.3, -0.25) is 4.79 Å². The van der Waals surface area contributed by atoms with Crippen LogP contribution in [0.2, 0.25) is 5.02 Å². The Morgan fingerprint density at radius 1 is 1.36 bits per heavy atom. The van der Waals surface area contributed by atoms with Crippen LogP contribution in [0.4, 0.5) is 0 Å². The highest BCUT2D eigenvalue weighted by atomic mass is 35.5. The number of piperidine rings is 1. The number of rotatable bonds is 6. The minimum absolute atomic E-state index is 0. The lowest BCUT2D eigenvalue weighted by molar-refractivity contribution is -0.132. The molecule has 1 aromatic carbocycles. The molecule has 0 spiro atoms. The van der Waals surface area contributed by atoms with E-state index in [1.165, 1.54) is 12.8 Å². The third-order valence-electron chi connectivity index (χ3n) is 4.22. The van der Waals surface area contributed by atoms with Crippen LogP contribution in [0, 0.1) is 5.92 Å². The predicted octanol–water partition coefficient (Wildman–Crippen LogP) is 3.89. The summed E-state index contributed by atoms with van der Waals surface area (Å²) in [6.07, 6.45) is 4.09. The van der Waals surface area contributed by atoms with Gasteiger partial charge in [0.25, 0.3) is 0 Å². The molecule has 22 heavy (non-hydrogen) atoms. The quantitative estimate of drug-likeness (QED) is 0.848. The van der Waals surface area contributed by atoms with Gasteiger partial charge in [-0.15, -0.1) is 12.4 Å². The largest absolute Gasteiger partial charge is 0.339 e. The van der Waals surface area contributed by atoms with Crippen LogP contribution in [0.15, 0.2) is 24.3 Å². The molecule has 3 nitrogen and oxygen atoms in total. The second kappa shape index (κ2) is 10.1. The Kier molecular flexibility index (Phi) is 8.84. The first kappa shape index (κ1) is 19.3. The summed E-state index contributed by atoms with van der Waals surface area (Å²) >= 11 is 6.00. The molecule has 0 aromatic heterocycles. The molecule has 1 aliphatic heterocycles. The number of hydrogen-bond acceptors (Lipinski definition) is 2. The molecule has 1 heterocycles. The van der Waals surface area contributed by atoms with E-state index in [1.807, 2.05) is 36.1 Å². The van der Waals surface area contributed by atoms with E-state index in [4.69, 9.17) is 11.6 Å². The maximum absolute atomic E-state index is 12.4. The highest BCUT2D eigenvalue weighted by Gasteiger charge is 2.17. The monoisotopic (exact) mass is 344 g/mol. The van der Waals surface area contributed by atoms with Gasteiger partial charge in [0.15, 0.2) is 0 Å². The Hall–Kier alpha value is -0.770. The van der Waals surface area contributed by atoms with Crippen molar-refractivity contribution >= 4 is 29.9 Å². The Bertz CT molecular complexity index is 462. The molecule has 1 N–H and O–H groups in total. The van der Waals surface area contributed by atoms with Crippen molar-refractivity contribution < 1.29 is 4.79 Å². The maximum Gasteiger partial charge on any atom is 0.222 e. The lowest BCUT2D eigenvalue weighted by Crippen LogP contribution is -2.32. The van der Waals surface area contributed by atoms with Crippen LogP contribution in [0.3, 0.4) is 0 Å². The van der Waals surface area contributed by atoms with Gasteiger partial charge in [0.2, 0.25) is 5.91 Å². The van der Waals surface area contributed by atoms with Crippen molar-refractivity contribution in [2.45, 2.75) is 39.2 Å². The summed E-state index contributed by atoms with van der Waals surface area (Å²) in [7, 11) is 0. The van der Waals surface area contributed by atoms with E-state index in [9.17, 15) is 4.79 Å². The topological polar surface area (TPSA) is 32.3 Å². The normalized spacial score (nSPS) is 15.2. The van der Waals surface area contributed by atoms with E-state index in [0.717, 1.165) is 36.6 Å². The van der Waals surface area contributed by atoms with Gasteiger partial charge in [-0.25, -0.2) is 0 Å². The van der Waals surface area contributed by atoms with Crippen molar-refractivity contribution in [3.05, 3.63) is 34.9 Å². The van der Waals surface area contributed by atoms with Crippen molar-refractivity contribution in [2.24, 2.45) is 5.92 Å². The molecule has 1 amide bonds. The van der Waals surface area contributed by atoms with Gasteiger partial charge in [-0.2, -0.15) is 0 Å². The first-order valence-corrected chi connectivity index (χ1v) is 8.29. The van der Waals surface area contributed by atoms with Crippen LogP contribution in [-0.4, -0.2) is 30.4 Å². The number of nitrogens with zero attached hydrogens (tertiary/aromatic N) is 1. The maximum atomic E-state index is 12.4. The highest BCUT2D eigenvalue weighted by molar-refractivity contribution is 6.30. The van der Waals surface area contributed by atoms with Gasteiger partial charge in [0, 0.05) is 24.5 Å². The number of amides is 1. The zero-order chi connectivity index (χ0) is 15.1. The van der Waals surface area contributed by atoms with Crippen molar-refractivity contribution in [2.75, 3.05) is 19.6 Å². The van der Waals surface area contributed by atoms with Gasteiger partial charge in [-0.1, -0.05) is 23.7 Å². The van der Waals surface area contributed by atoms with E-state index in [1.54, 1.807) is 0 Å².